The van der Waals surface area contributed by atoms with Crippen molar-refractivity contribution in [2.24, 2.45) is 0 Å². The molecule has 0 aliphatic carbocycles. The van der Waals surface area contributed by atoms with Gasteiger partial charge in [-0.1, -0.05) is 36.4 Å². The third-order valence-electron chi connectivity index (χ3n) is 4.62. The number of benzene rings is 3. The second-order valence-corrected chi connectivity index (χ2v) is 10.7. The summed E-state index contributed by atoms with van der Waals surface area (Å²) in [7, 11) is -6.69. The maximum absolute atomic E-state index is 13.8. The van der Waals surface area contributed by atoms with E-state index in [0.717, 1.165) is 14.7 Å². The highest BCUT2D eigenvalue weighted by atomic mass is 32.2. The fourth-order valence-electron chi connectivity index (χ4n) is 2.85. The molecule has 6 nitrogen and oxygen atoms in total. The van der Waals surface area contributed by atoms with E-state index in [-0.39, 0.29) is 5.75 Å². The first-order chi connectivity index (χ1) is 16.4. The lowest BCUT2D eigenvalue weighted by Gasteiger charge is -2.24. The molecule has 1 unspecified atom stereocenters. The number of esters is 1. The third-order valence-corrected chi connectivity index (χ3v) is 8.02. The average molecular weight is 532 g/mol. The van der Waals surface area contributed by atoms with Gasteiger partial charge in [0.25, 0.3) is 0 Å². The smallest absolute Gasteiger partial charge is 0.443 e. The molecule has 0 amide bonds. The van der Waals surface area contributed by atoms with Crippen LogP contribution >= 0.6 is 0 Å². The first kappa shape index (κ1) is 26.5. The lowest BCUT2D eigenvalue weighted by Crippen LogP contribution is -2.52. The van der Waals surface area contributed by atoms with Gasteiger partial charge >= 0.3 is 27.3 Å². The van der Waals surface area contributed by atoms with E-state index in [1.165, 1.54) is 0 Å². The first-order valence-electron chi connectivity index (χ1n) is 9.88. The van der Waals surface area contributed by atoms with Crippen molar-refractivity contribution in [2.45, 2.75) is 25.9 Å². The van der Waals surface area contributed by atoms with E-state index in [2.05, 4.69) is 4.74 Å². The van der Waals surface area contributed by atoms with Gasteiger partial charge in [0.1, 0.15) is 5.75 Å². The zero-order valence-electron chi connectivity index (χ0n) is 17.8. The number of hydrogen-bond donors (Lipinski definition) is 1. The zero-order valence-corrected chi connectivity index (χ0v) is 19.4. The van der Waals surface area contributed by atoms with Gasteiger partial charge in [0, 0.05) is 0 Å². The zero-order chi connectivity index (χ0) is 25.7. The molecule has 35 heavy (non-hydrogen) atoms. The molecule has 186 valence electrons. The molecule has 0 aromatic heterocycles. The second-order valence-electron chi connectivity index (χ2n) is 7.05. The van der Waals surface area contributed by atoms with Gasteiger partial charge in [-0.2, -0.15) is 21.6 Å². The van der Waals surface area contributed by atoms with Gasteiger partial charge in [0.2, 0.25) is 0 Å². The SMILES string of the molecule is O=C(COc1ccc([S+](c2ccccc2)c2ccccc2)cc1)OCC(F)(C(F)(F)F)S(=O)(=O)O. The van der Waals surface area contributed by atoms with Gasteiger partial charge in [-0.3, -0.25) is 4.55 Å². The molecule has 0 radical (unpaired) electrons. The summed E-state index contributed by atoms with van der Waals surface area (Å²) in [6.45, 7) is -3.19. The van der Waals surface area contributed by atoms with E-state index in [9.17, 15) is 30.8 Å². The largest absolute Gasteiger partial charge is 0.482 e. The minimum Gasteiger partial charge on any atom is -0.482 e. The number of rotatable bonds is 9. The number of alkyl halides is 4. The van der Waals surface area contributed by atoms with Crippen LogP contribution in [0.15, 0.2) is 99.6 Å². The van der Waals surface area contributed by atoms with Gasteiger partial charge in [-0.15, -0.1) is 0 Å². The molecule has 0 saturated heterocycles. The molecule has 12 heteroatoms. The van der Waals surface area contributed by atoms with E-state index in [4.69, 9.17) is 9.29 Å². The molecule has 1 atom stereocenters. The Morgan fingerprint density at radius 1 is 0.800 bits per heavy atom. The standard InChI is InChI=1S/C23H18F4O6S2/c24-22(23(25,26)27,35(29,30)31)16-33-21(28)15-32-17-11-13-20(14-12-17)34(18-7-3-1-4-8-18)19-9-5-2-6-10-19/h1-14H,15-16H2/p+1. The number of ether oxygens (including phenoxy) is 2. The van der Waals surface area contributed by atoms with Gasteiger partial charge in [-0.25, -0.2) is 9.18 Å². The molecule has 0 bridgehead atoms. The summed E-state index contributed by atoms with van der Waals surface area (Å²) in [5, 5.41) is -5.15. The Balaban J connectivity index is 1.68. The molecule has 0 spiro atoms. The Kier molecular flexibility index (Phi) is 8.08. The van der Waals surface area contributed by atoms with Crippen LogP contribution in [0, 0.1) is 0 Å². The molecule has 3 aromatic rings. The fourth-order valence-corrected chi connectivity index (χ4v) is 5.44. The van der Waals surface area contributed by atoms with Crippen molar-refractivity contribution in [3.63, 3.8) is 0 Å². The van der Waals surface area contributed by atoms with Crippen molar-refractivity contribution >= 4 is 27.0 Å². The van der Waals surface area contributed by atoms with Gasteiger partial charge in [0.15, 0.2) is 27.9 Å². The number of halogens is 4. The predicted molar refractivity (Wildman–Crippen MR) is 119 cm³/mol. The van der Waals surface area contributed by atoms with Crippen molar-refractivity contribution in [3.05, 3.63) is 84.9 Å². The average Bonchev–Trinajstić information content (AvgIpc) is 2.82. The molecule has 0 heterocycles. The van der Waals surface area contributed by atoms with Gasteiger partial charge in [-0.05, 0) is 48.5 Å². The van der Waals surface area contributed by atoms with E-state index < -0.39 is 51.4 Å². The highest BCUT2D eigenvalue weighted by Gasteiger charge is 2.66. The van der Waals surface area contributed by atoms with Crippen molar-refractivity contribution in [3.8, 4) is 5.75 Å². The number of carbonyl (C=O) groups is 1. The summed E-state index contributed by atoms with van der Waals surface area (Å²) in [4.78, 5) is 14.8. The maximum Gasteiger partial charge on any atom is 0.443 e. The van der Waals surface area contributed by atoms with Crippen LogP contribution in [-0.2, 0) is 30.5 Å². The number of hydrogen-bond acceptors (Lipinski definition) is 5. The van der Waals surface area contributed by atoms with Crippen molar-refractivity contribution in [1.29, 1.82) is 0 Å². The molecule has 0 saturated carbocycles. The Bertz CT molecular complexity index is 1200. The number of carbonyl (C=O) groups excluding carboxylic acids is 1. The summed E-state index contributed by atoms with van der Waals surface area (Å²) >= 11 is 0. The second kappa shape index (κ2) is 10.7. The van der Waals surface area contributed by atoms with Crippen LogP contribution in [0.25, 0.3) is 0 Å². The van der Waals surface area contributed by atoms with E-state index in [1.54, 1.807) is 24.3 Å². The summed E-state index contributed by atoms with van der Waals surface area (Å²) in [5.74, 6) is -1.29. The molecule has 1 N–H and O–H groups in total. The van der Waals surface area contributed by atoms with Crippen molar-refractivity contribution < 1.29 is 44.8 Å². The van der Waals surface area contributed by atoms with E-state index in [1.807, 2.05) is 60.7 Å². The molecule has 0 aliphatic rings. The van der Waals surface area contributed by atoms with Crippen molar-refractivity contribution in [1.82, 2.24) is 0 Å². The molecule has 0 aliphatic heterocycles. The Hall–Kier alpha value is -3.09. The molecule has 0 fully saturated rings. The quantitative estimate of drug-likeness (QED) is 0.184. The van der Waals surface area contributed by atoms with E-state index in [0.29, 0.717) is 0 Å². The minimum atomic E-state index is -6.25. The summed E-state index contributed by atoms with van der Waals surface area (Å²) in [6.07, 6.45) is -6.02. The van der Waals surface area contributed by atoms with Crippen molar-refractivity contribution in [2.75, 3.05) is 13.2 Å². The van der Waals surface area contributed by atoms with Crippen LogP contribution in [0.3, 0.4) is 0 Å². The van der Waals surface area contributed by atoms with Crippen LogP contribution in [0.4, 0.5) is 17.6 Å². The fraction of sp³-hybridized carbons (Fsp3) is 0.174. The van der Waals surface area contributed by atoms with E-state index >= 15 is 0 Å². The van der Waals surface area contributed by atoms with Gasteiger partial charge in [0.05, 0.1) is 10.9 Å². The molecular formula is C23H19F4O6S2+. The van der Waals surface area contributed by atoms with Crippen LogP contribution in [-0.4, -0.2) is 43.3 Å². The highest BCUT2D eigenvalue weighted by Crippen LogP contribution is 2.38. The van der Waals surface area contributed by atoms with Crippen LogP contribution < -0.4 is 4.74 Å². The van der Waals surface area contributed by atoms with Crippen LogP contribution in [0.5, 0.6) is 5.75 Å². The topological polar surface area (TPSA) is 89.9 Å². The lowest BCUT2D eigenvalue weighted by molar-refractivity contribution is -0.214. The highest BCUT2D eigenvalue weighted by molar-refractivity contribution is 7.97. The van der Waals surface area contributed by atoms with Crippen LogP contribution in [0.2, 0.25) is 0 Å². The van der Waals surface area contributed by atoms with Crippen LogP contribution in [0.1, 0.15) is 0 Å². The maximum atomic E-state index is 13.8. The summed E-state index contributed by atoms with van der Waals surface area (Å²) < 4.78 is 91.4. The molecule has 3 rings (SSSR count). The monoisotopic (exact) mass is 531 g/mol. The summed E-state index contributed by atoms with van der Waals surface area (Å²) in [5.41, 5.74) is 0. The normalized spacial score (nSPS) is 13.8. The summed E-state index contributed by atoms with van der Waals surface area (Å²) in [6, 6.07) is 26.1. The Morgan fingerprint density at radius 2 is 1.26 bits per heavy atom. The molecular weight excluding hydrogens is 512 g/mol. The Morgan fingerprint density at radius 3 is 1.69 bits per heavy atom. The minimum absolute atomic E-state index is 0.174. The molecule has 3 aromatic carbocycles. The lowest BCUT2D eigenvalue weighted by atomic mass is 10.3. The first-order valence-corrected chi connectivity index (χ1v) is 12.5. The third kappa shape index (κ3) is 6.32. The predicted octanol–water partition coefficient (Wildman–Crippen LogP) is 4.82. The Labute approximate surface area is 201 Å². The van der Waals surface area contributed by atoms with Gasteiger partial charge < -0.3 is 9.47 Å².